The summed E-state index contributed by atoms with van der Waals surface area (Å²) in [5.74, 6) is -1.07. The lowest BCUT2D eigenvalue weighted by Gasteiger charge is -2.15. The van der Waals surface area contributed by atoms with Crippen LogP contribution in [0, 0.1) is 11.8 Å². The van der Waals surface area contributed by atoms with Crippen LogP contribution in [0.4, 0.5) is 0 Å². The maximum atomic E-state index is 12.1. The van der Waals surface area contributed by atoms with Gasteiger partial charge in [-0.2, -0.15) is 0 Å². The monoisotopic (exact) mass is 361 g/mol. The zero-order valence-corrected chi connectivity index (χ0v) is 16.0. The molecule has 0 bridgehead atoms. The Balaban J connectivity index is 0.00000529. The molecule has 6 heteroatoms. The van der Waals surface area contributed by atoms with Crippen molar-refractivity contribution in [2.24, 2.45) is 17.6 Å². The number of hydrogen-bond donors (Lipinski definition) is 3. The molecule has 1 fully saturated rings. The van der Waals surface area contributed by atoms with Crippen molar-refractivity contribution in [2.45, 2.75) is 71.1 Å². The maximum Gasteiger partial charge on any atom is 0.225 e. The van der Waals surface area contributed by atoms with Gasteiger partial charge in [-0.25, -0.2) is 0 Å². The summed E-state index contributed by atoms with van der Waals surface area (Å²) in [4.78, 5) is 23.3. The largest absolute Gasteiger partial charge is 0.369 e. The standard InChI is InChI=1S/C18H35N3O2.ClH/c1-2-3-4-5-6-7-8-9-10-11-12-21-18(23)16-14-20-13-15(16)17(19)22;/h15-16,20H,2-14H2,1H3,(H2,19,22)(H,21,23);1H. The third-order valence-electron chi connectivity index (χ3n) is 4.75. The average Bonchev–Trinajstić information content (AvgIpc) is 3.02. The number of nitrogens with two attached hydrogens (primary N) is 1. The molecule has 1 aliphatic heterocycles. The Bertz CT molecular complexity index is 353. The number of carbonyl (C=O) groups excluding carboxylic acids is 2. The molecular formula is C18H36ClN3O2. The highest BCUT2D eigenvalue weighted by Crippen LogP contribution is 2.16. The fourth-order valence-corrected chi connectivity index (χ4v) is 3.21. The van der Waals surface area contributed by atoms with Gasteiger partial charge in [0.25, 0.3) is 0 Å². The van der Waals surface area contributed by atoms with Crippen molar-refractivity contribution in [3.63, 3.8) is 0 Å². The molecule has 0 aliphatic carbocycles. The van der Waals surface area contributed by atoms with E-state index in [-0.39, 0.29) is 36.1 Å². The highest BCUT2D eigenvalue weighted by Gasteiger charge is 2.36. The van der Waals surface area contributed by atoms with E-state index in [1.165, 1.54) is 51.4 Å². The molecule has 142 valence electrons. The van der Waals surface area contributed by atoms with E-state index < -0.39 is 0 Å². The molecule has 2 atom stereocenters. The minimum atomic E-state index is -0.380. The number of nitrogens with one attached hydrogen (secondary N) is 2. The number of carbonyl (C=O) groups is 2. The zero-order chi connectivity index (χ0) is 16.9. The van der Waals surface area contributed by atoms with E-state index in [2.05, 4.69) is 17.6 Å². The molecule has 0 spiro atoms. The highest BCUT2D eigenvalue weighted by molar-refractivity contribution is 5.87. The molecule has 1 aliphatic rings. The topological polar surface area (TPSA) is 84.2 Å². The smallest absolute Gasteiger partial charge is 0.225 e. The van der Waals surface area contributed by atoms with Crippen molar-refractivity contribution >= 4 is 24.2 Å². The quantitative estimate of drug-likeness (QED) is 0.441. The number of primary amides is 1. The number of rotatable bonds is 13. The highest BCUT2D eigenvalue weighted by atomic mass is 35.5. The number of halogens is 1. The van der Waals surface area contributed by atoms with Crippen LogP contribution in [-0.2, 0) is 9.59 Å². The molecule has 1 saturated heterocycles. The summed E-state index contributed by atoms with van der Waals surface area (Å²) in [6, 6.07) is 0. The molecule has 0 aromatic carbocycles. The Labute approximate surface area is 153 Å². The van der Waals surface area contributed by atoms with Gasteiger partial charge in [0.15, 0.2) is 0 Å². The summed E-state index contributed by atoms with van der Waals surface area (Å²) >= 11 is 0. The van der Waals surface area contributed by atoms with Crippen molar-refractivity contribution in [1.82, 2.24) is 10.6 Å². The van der Waals surface area contributed by atoms with E-state index in [0.29, 0.717) is 19.6 Å². The van der Waals surface area contributed by atoms with Crippen LogP contribution in [0.15, 0.2) is 0 Å². The van der Waals surface area contributed by atoms with Gasteiger partial charge in [-0.15, -0.1) is 12.4 Å². The number of hydrogen-bond acceptors (Lipinski definition) is 3. The Kier molecular flexibility index (Phi) is 14.0. The van der Waals surface area contributed by atoms with Gasteiger partial charge in [0, 0.05) is 19.6 Å². The first kappa shape index (κ1) is 23.2. The van der Waals surface area contributed by atoms with Crippen molar-refractivity contribution in [3.8, 4) is 0 Å². The van der Waals surface area contributed by atoms with E-state index in [4.69, 9.17) is 5.73 Å². The van der Waals surface area contributed by atoms with Crippen LogP contribution >= 0.6 is 12.4 Å². The molecule has 0 radical (unpaired) electrons. The lowest BCUT2D eigenvalue weighted by atomic mass is 9.94. The first-order valence-electron chi connectivity index (χ1n) is 9.44. The molecule has 24 heavy (non-hydrogen) atoms. The third-order valence-corrected chi connectivity index (χ3v) is 4.75. The summed E-state index contributed by atoms with van der Waals surface area (Å²) in [7, 11) is 0. The molecular weight excluding hydrogens is 326 g/mol. The fourth-order valence-electron chi connectivity index (χ4n) is 3.21. The Hall–Kier alpha value is -0.810. The van der Waals surface area contributed by atoms with Gasteiger partial charge in [-0.05, 0) is 6.42 Å². The van der Waals surface area contributed by atoms with Crippen LogP contribution in [-0.4, -0.2) is 31.4 Å². The van der Waals surface area contributed by atoms with Gasteiger partial charge in [-0.1, -0.05) is 64.7 Å². The van der Waals surface area contributed by atoms with E-state index in [1.807, 2.05) is 0 Å². The van der Waals surface area contributed by atoms with E-state index in [9.17, 15) is 9.59 Å². The second-order valence-corrected chi connectivity index (χ2v) is 6.75. The van der Waals surface area contributed by atoms with Crippen molar-refractivity contribution in [2.75, 3.05) is 19.6 Å². The second kappa shape index (κ2) is 14.5. The predicted molar refractivity (Wildman–Crippen MR) is 101 cm³/mol. The van der Waals surface area contributed by atoms with Crippen LogP contribution in [0.2, 0.25) is 0 Å². The van der Waals surface area contributed by atoms with Gasteiger partial charge in [0.05, 0.1) is 11.8 Å². The predicted octanol–water partition coefficient (Wildman–Crippen LogP) is 2.77. The molecule has 0 saturated carbocycles. The van der Waals surface area contributed by atoms with Gasteiger partial charge < -0.3 is 16.4 Å². The van der Waals surface area contributed by atoms with Gasteiger partial charge in [-0.3, -0.25) is 9.59 Å². The molecule has 1 heterocycles. The summed E-state index contributed by atoms with van der Waals surface area (Å²) in [6.07, 6.45) is 12.9. The molecule has 4 N–H and O–H groups in total. The SMILES string of the molecule is CCCCCCCCCCCCNC(=O)C1CNCC1C(N)=O.Cl. The van der Waals surface area contributed by atoms with Crippen LogP contribution in [0.1, 0.15) is 71.1 Å². The minimum Gasteiger partial charge on any atom is -0.369 e. The lowest BCUT2D eigenvalue weighted by molar-refractivity contribution is -0.131. The Morgan fingerprint density at radius 2 is 1.42 bits per heavy atom. The van der Waals surface area contributed by atoms with Crippen molar-refractivity contribution in [3.05, 3.63) is 0 Å². The summed E-state index contributed by atoms with van der Waals surface area (Å²) in [6.45, 7) is 4.02. The zero-order valence-electron chi connectivity index (χ0n) is 15.1. The first-order chi connectivity index (χ1) is 11.2. The normalized spacial score (nSPS) is 19.7. The molecule has 0 aromatic rings. The van der Waals surface area contributed by atoms with E-state index in [1.54, 1.807) is 0 Å². The van der Waals surface area contributed by atoms with Gasteiger partial charge in [0.1, 0.15) is 0 Å². The fraction of sp³-hybridized carbons (Fsp3) is 0.889. The molecule has 1 rings (SSSR count). The minimum absolute atomic E-state index is 0. The lowest BCUT2D eigenvalue weighted by Crippen LogP contribution is -2.39. The molecule has 2 amide bonds. The summed E-state index contributed by atoms with van der Waals surface area (Å²) < 4.78 is 0. The van der Waals surface area contributed by atoms with Crippen LogP contribution in [0.3, 0.4) is 0 Å². The molecule has 5 nitrogen and oxygen atoms in total. The van der Waals surface area contributed by atoms with Gasteiger partial charge in [0.2, 0.25) is 11.8 Å². The van der Waals surface area contributed by atoms with Crippen LogP contribution in [0.5, 0.6) is 0 Å². The molecule has 2 unspecified atom stereocenters. The molecule has 0 aromatic heterocycles. The van der Waals surface area contributed by atoms with Crippen LogP contribution in [0.25, 0.3) is 0 Å². The van der Waals surface area contributed by atoms with Crippen molar-refractivity contribution in [1.29, 1.82) is 0 Å². The number of amides is 2. The van der Waals surface area contributed by atoms with Gasteiger partial charge >= 0.3 is 0 Å². The Morgan fingerprint density at radius 3 is 1.96 bits per heavy atom. The summed E-state index contributed by atoms with van der Waals surface area (Å²) in [5.41, 5.74) is 5.33. The van der Waals surface area contributed by atoms with E-state index >= 15 is 0 Å². The second-order valence-electron chi connectivity index (χ2n) is 6.75. The number of unbranched alkanes of at least 4 members (excludes halogenated alkanes) is 9. The third kappa shape index (κ3) is 9.48. The van der Waals surface area contributed by atoms with E-state index in [0.717, 1.165) is 12.8 Å². The Morgan fingerprint density at radius 1 is 0.917 bits per heavy atom. The first-order valence-corrected chi connectivity index (χ1v) is 9.44. The van der Waals surface area contributed by atoms with Crippen LogP contribution < -0.4 is 16.4 Å². The average molecular weight is 362 g/mol. The van der Waals surface area contributed by atoms with Crippen molar-refractivity contribution < 1.29 is 9.59 Å². The maximum absolute atomic E-state index is 12.1. The summed E-state index contributed by atoms with van der Waals surface area (Å²) in [5, 5.41) is 6.01.